The Kier molecular flexibility index (Phi) is 5.89. The van der Waals surface area contributed by atoms with Crippen molar-refractivity contribution in [1.29, 1.82) is 0 Å². The Labute approximate surface area is 116 Å². The van der Waals surface area contributed by atoms with Crippen LogP contribution in [0.25, 0.3) is 0 Å². The summed E-state index contributed by atoms with van der Waals surface area (Å²) in [6.45, 7) is 5.22. The number of carbonyl (C=O) groups excluding carboxylic acids is 1. The van der Waals surface area contributed by atoms with Gasteiger partial charge in [0, 0.05) is 26.3 Å². The summed E-state index contributed by atoms with van der Waals surface area (Å²) in [5, 5.41) is 0. The predicted octanol–water partition coefficient (Wildman–Crippen LogP) is 1.56. The molecular weight excluding hydrogens is 252 g/mol. The molecule has 106 valence electrons. The van der Waals surface area contributed by atoms with Crippen LogP contribution in [0, 0.1) is 5.92 Å². The van der Waals surface area contributed by atoms with E-state index in [1.165, 1.54) is 6.42 Å². The fourth-order valence-corrected chi connectivity index (χ4v) is 2.85. The van der Waals surface area contributed by atoms with Gasteiger partial charge in [0.2, 0.25) is 5.91 Å². The van der Waals surface area contributed by atoms with Gasteiger partial charge >= 0.3 is 0 Å². The first-order valence-corrected chi connectivity index (χ1v) is 6.82. The summed E-state index contributed by atoms with van der Waals surface area (Å²) in [6, 6.07) is 0. The van der Waals surface area contributed by atoms with Gasteiger partial charge in [0.1, 0.15) is 0 Å². The van der Waals surface area contributed by atoms with E-state index in [1.807, 2.05) is 4.90 Å². The standard InChI is InChI=1S/C13H24N2O2.ClH/c1-2-11-4-3-7-15(10-11)12(16)13(14)5-8-17-9-6-13;/h11H,2-10,14H2,1H3;1H. The quantitative estimate of drug-likeness (QED) is 0.833. The van der Waals surface area contributed by atoms with Crippen molar-refractivity contribution in [2.24, 2.45) is 11.7 Å². The second kappa shape index (κ2) is 6.73. The second-order valence-corrected chi connectivity index (χ2v) is 5.44. The smallest absolute Gasteiger partial charge is 0.242 e. The normalized spacial score (nSPS) is 27.4. The highest BCUT2D eigenvalue weighted by molar-refractivity contribution is 5.86. The molecule has 18 heavy (non-hydrogen) atoms. The maximum Gasteiger partial charge on any atom is 0.242 e. The minimum atomic E-state index is -0.659. The van der Waals surface area contributed by atoms with Gasteiger partial charge in [-0.25, -0.2) is 0 Å². The molecule has 1 unspecified atom stereocenters. The predicted molar refractivity (Wildman–Crippen MR) is 73.8 cm³/mol. The van der Waals surface area contributed by atoms with Crippen LogP contribution in [0.1, 0.15) is 39.0 Å². The largest absolute Gasteiger partial charge is 0.381 e. The fraction of sp³-hybridized carbons (Fsp3) is 0.923. The van der Waals surface area contributed by atoms with E-state index in [0.717, 1.165) is 25.9 Å². The van der Waals surface area contributed by atoms with Crippen LogP contribution in [0.4, 0.5) is 0 Å². The summed E-state index contributed by atoms with van der Waals surface area (Å²) >= 11 is 0. The maximum atomic E-state index is 12.5. The number of likely N-dealkylation sites (tertiary alicyclic amines) is 1. The molecule has 2 aliphatic rings. The van der Waals surface area contributed by atoms with Crippen molar-refractivity contribution in [1.82, 2.24) is 4.90 Å². The molecule has 2 aliphatic heterocycles. The summed E-state index contributed by atoms with van der Waals surface area (Å²) in [7, 11) is 0. The minimum absolute atomic E-state index is 0. The van der Waals surface area contributed by atoms with Crippen LogP contribution in [-0.4, -0.2) is 42.6 Å². The van der Waals surface area contributed by atoms with E-state index in [4.69, 9.17) is 10.5 Å². The Balaban J connectivity index is 0.00000162. The van der Waals surface area contributed by atoms with Crippen LogP contribution in [0.5, 0.6) is 0 Å². The Morgan fingerprint density at radius 3 is 2.72 bits per heavy atom. The highest BCUT2D eigenvalue weighted by atomic mass is 35.5. The zero-order valence-electron chi connectivity index (χ0n) is 11.2. The van der Waals surface area contributed by atoms with Crippen LogP contribution in [0.2, 0.25) is 0 Å². The number of rotatable bonds is 2. The number of hydrogen-bond donors (Lipinski definition) is 1. The van der Waals surface area contributed by atoms with Crippen molar-refractivity contribution >= 4 is 18.3 Å². The van der Waals surface area contributed by atoms with Gasteiger partial charge in [0.05, 0.1) is 5.54 Å². The molecule has 0 aromatic heterocycles. The molecule has 1 amide bonds. The molecule has 0 radical (unpaired) electrons. The third kappa shape index (κ3) is 3.37. The molecule has 0 aromatic rings. The first-order valence-electron chi connectivity index (χ1n) is 6.82. The number of carbonyl (C=O) groups is 1. The topological polar surface area (TPSA) is 55.6 Å². The number of amides is 1. The molecule has 0 aromatic carbocycles. The van der Waals surface area contributed by atoms with Crippen molar-refractivity contribution in [3.05, 3.63) is 0 Å². The summed E-state index contributed by atoms with van der Waals surface area (Å²) in [4.78, 5) is 14.5. The number of hydrogen-bond acceptors (Lipinski definition) is 3. The average molecular weight is 277 g/mol. The van der Waals surface area contributed by atoms with E-state index >= 15 is 0 Å². The van der Waals surface area contributed by atoms with E-state index in [-0.39, 0.29) is 18.3 Å². The van der Waals surface area contributed by atoms with Gasteiger partial charge in [-0.05, 0) is 31.6 Å². The third-order valence-electron chi connectivity index (χ3n) is 4.19. The molecule has 4 nitrogen and oxygen atoms in total. The number of halogens is 1. The molecule has 2 N–H and O–H groups in total. The van der Waals surface area contributed by atoms with Crippen LogP contribution in [-0.2, 0) is 9.53 Å². The van der Waals surface area contributed by atoms with Crippen LogP contribution in [0.15, 0.2) is 0 Å². The minimum Gasteiger partial charge on any atom is -0.381 e. The van der Waals surface area contributed by atoms with Crippen molar-refractivity contribution < 1.29 is 9.53 Å². The zero-order chi connectivity index (χ0) is 12.3. The van der Waals surface area contributed by atoms with E-state index in [1.54, 1.807) is 0 Å². The lowest BCUT2D eigenvalue weighted by Gasteiger charge is -2.40. The van der Waals surface area contributed by atoms with E-state index in [2.05, 4.69) is 6.92 Å². The average Bonchev–Trinajstić information content (AvgIpc) is 2.39. The number of nitrogens with zero attached hydrogens (tertiary/aromatic N) is 1. The van der Waals surface area contributed by atoms with Crippen LogP contribution >= 0.6 is 12.4 Å². The lowest BCUT2D eigenvalue weighted by molar-refractivity contribution is -0.142. The van der Waals surface area contributed by atoms with E-state index in [0.29, 0.717) is 32.0 Å². The van der Waals surface area contributed by atoms with Crippen molar-refractivity contribution in [3.63, 3.8) is 0 Å². The molecule has 0 aliphatic carbocycles. The first-order chi connectivity index (χ1) is 8.15. The summed E-state index contributed by atoms with van der Waals surface area (Å²) in [6.07, 6.45) is 4.86. The fourth-order valence-electron chi connectivity index (χ4n) is 2.85. The SMILES string of the molecule is CCC1CCCN(C(=O)C2(N)CCOCC2)C1.Cl. The molecule has 1 atom stereocenters. The molecule has 0 saturated carbocycles. The summed E-state index contributed by atoms with van der Waals surface area (Å²) < 4.78 is 5.29. The Bertz CT molecular complexity index is 280. The van der Waals surface area contributed by atoms with E-state index < -0.39 is 5.54 Å². The zero-order valence-corrected chi connectivity index (χ0v) is 12.0. The third-order valence-corrected chi connectivity index (χ3v) is 4.19. The molecule has 0 bridgehead atoms. The number of piperidine rings is 1. The van der Waals surface area contributed by atoms with Crippen molar-refractivity contribution in [2.75, 3.05) is 26.3 Å². The Morgan fingerprint density at radius 2 is 2.11 bits per heavy atom. The highest BCUT2D eigenvalue weighted by Gasteiger charge is 2.39. The van der Waals surface area contributed by atoms with Crippen molar-refractivity contribution in [3.8, 4) is 0 Å². The number of ether oxygens (including phenoxy) is 1. The lowest BCUT2D eigenvalue weighted by atomic mass is 9.87. The van der Waals surface area contributed by atoms with Crippen molar-refractivity contribution in [2.45, 2.75) is 44.6 Å². The molecular formula is C13H25ClN2O2. The van der Waals surface area contributed by atoms with Gasteiger partial charge in [0.15, 0.2) is 0 Å². The van der Waals surface area contributed by atoms with Gasteiger partial charge in [-0.15, -0.1) is 12.4 Å². The van der Waals surface area contributed by atoms with Crippen LogP contribution in [0.3, 0.4) is 0 Å². The summed E-state index contributed by atoms with van der Waals surface area (Å²) in [5.41, 5.74) is 5.59. The second-order valence-electron chi connectivity index (χ2n) is 5.44. The first kappa shape index (κ1) is 15.7. The molecule has 2 rings (SSSR count). The summed E-state index contributed by atoms with van der Waals surface area (Å²) in [5.74, 6) is 0.815. The lowest BCUT2D eigenvalue weighted by Crippen LogP contribution is -2.59. The maximum absolute atomic E-state index is 12.5. The molecule has 2 heterocycles. The van der Waals surface area contributed by atoms with Gasteiger partial charge in [-0.2, -0.15) is 0 Å². The Hall–Kier alpha value is -0.320. The van der Waals surface area contributed by atoms with Gasteiger partial charge in [-0.1, -0.05) is 13.3 Å². The van der Waals surface area contributed by atoms with Gasteiger partial charge in [0.25, 0.3) is 0 Å². The molecule has 2 fully saturated rings. The monoisotopic (exact) mass is 276 g/mol. The molecule has 0 spiro atoms. The highest BCUT2D eigenvalue weighted by Crippen LogP contribution is 2.25. The molecule has 5 heteroatoms. The van der Waals surface area contributed by atoms with Crippen LogP contribution < -0.4 is 5.73 Å². The Morgan fingerprint density at radius 1 is 1.44 bits per heavy atom. The molecule has 2 saturated heterocycles. The number of nitrogens with two attached hydrogens (primary N) is 1. The van der Waals surface area contributed by atoms with E-state index in [9.17, 15) is 4.79 Å². The van der Waals surface area contributed by atoms with Gasteiger partial charge < -0.3 is 15.4 Å². The van der Waals surface area contributed by atoms with Gasteiger partial charge in [-0.3, -0.25) is 4.79 Å².